The number of nitrogens with two attached hydrogens (primary N) is 1. The normalized spacial score (nSPS) is 13.4. The number of rotatable bonds is 15. The zero-order valence-corrected chi connectivity index (χ0v) is 18.3. The topological polar surface area (TPSA) is 217 Å². The van der Waals surface area contributed by atoms with Gasteiger partial charge in [0.25, 0.3) is 0 Å². The minimum atomic E-state index is -1.33. The van der Waals surface area contributed by atoms with Crippen molar-refractivity contribution in [1.29, 1.82) is 0 Å². The minimum Gasteiger partial charge on any atom is -0.481 e. The number of carbonyl (C=O) groups is 5. The molecule has 3 amide bonds. The third kappa shape index (κ3) is 10.3. The molecule has 0 spiro atoms. The van der Waals surface area contributed by atoms with Crippen molar-refractivity contribution in [3.8, 4) is 0 Å². The SMILES string of the molecule is CSCCC(N)C(=O)NCC(=O)NC(CCC(=O)O)C(=O)NC(Cc1cnc[nH]1)C(=O)O. The maximum Gasteiger partial charge on any atom is 0.326 e. The van der Waals surface area contributed by atoms with Gasteiger partial charge < -0.3 is 36.9 Å². The highest BCUT2D eigenvalue weighted by atomic mass is 32.2. The molecule has 0 saturated carbocycles. The van der Waals surface area contributed by atoms with Gasteiger partial charge in [0, 0.05) is 24.7 Å². The Morgan fingerprint density at radius 3 is 2.41 bits per heavy atom. The Kier molecular flexibility index (Phi) is 11.8. The summed E-state index contributed by atoms with van der Waals surface area (Å²) in [5.74, 6) is -4.00. The molecule has 3 atom stereocenters. The summed E-state index contributed by atoms with van der Waals surface area (Å²) in [5.41, 5.74) is 6.17. The maximum atomic E-state index is 12.6. The zero-order valence-electron chi connectivity index (χ0n) is 17.5. The lowest BCUT2D eigenvalue weighted by Crippen LogP contribution is -2.54. The summed E-state index contributed by atoms with van der Waals surface area (Å²) < 4.78 is 0. The number of amides is 3. The largest absolute Gasteiger partial charge is 0.481 e. The van der Waals surface area contributed by atoms with Gasteiger partial charge in [0.2, 0.25) is 17.7 Å². The molecule has 1 rings (SSSR count). The molecule has 32 heavy (non-hydrogen) atoms. The van der Waals surface area contributed by atoms with E-state index in [0.29, 0.717) is 17.9 Å². The van der Waals surface area contributed by atoms with Crippen LogP contribution < -0.4 is 21.7 Å². The monoisotopic (exact) mass is 472 g/mol. The maximum absolute atomic E-state index is 12.6. The number of aromatic amines is 1. The molecule has 0 fully saturated rings. The summed E-state index contributed by atoms with van der Waals surface area (Å²) in [5, 5.41) is 25.2. The average Bonchev–Trinajstić information content (AvgIpc) is 3.25. The van der Waals surface area contributed by atoms with Crippen molar-refractivity contribution in [2.75, 3.05) is 18.6 Å². The quantitative estimate of drug-likeness (QED) is 0.150. The smallest absolute Gasteiger partial charge is 0.326 e. The standard InChI is InChI=1S/C18H28N6O7S/c1-32-5-4-11(19)16(28)21-8-14(25)23-12(2-3-15(26)27)17(29)24-13(18(30)31)6-10-7-20-9-22-10/h7,9,11-13H,2-6,8,19H2,1H3,(H,20,22)(H,21,28)(H,23,25)(H,24,29)(H,26,27)(H,30,31). The van der Waals surface area contributed by atoms with E-state index in [9.17, 15) is 29.1 Å². The van der Waals surface area contributed by atoms with Crippen LogP contribution in [0, 0.1) is 0 Å². The highest BCUT2D eigenvalue weighted by molar-refractivity contribution is 7.98. The number of carbonyl (C=O) groups excluding carboxylic acids is 3. The Morgan fingerprint density at radius 2 is 1.84 bits per heavy atom. The third-order valence-corrected chi connectivity index (χ3v) is 4.93. The Hall–Kier alpha value is -3.13. The summed E-state index contributed by atoms with van der Waals surface area (Å²) in [7, 11) is 0. The number of nitrogens with one attached hydrogen (secondary N) is 4. The number of hydrogen-bond acceptors (Lipinski definition) is 8. The minimum absolute atomic E-state index is 0.0926. The lowest BCUT2D eigenvalue weighted by Gasteiger charge is -2.21. The number of H-pyrrole nitrogens is 1. The molecule has 0 aliphatic rings. The lowest BCUT2D eigenvalue weighted by molar-refractivity contribution is -0.143. The number of imidazole rings is 1. The van der Waals surface area contributed by atoms with Gasteiger partial charge in [-0.05, 0) is 24.9 Å². The molecule has 0 aromatic carbocycles. The van der Waals surface area contributed by atoms with Gasteiger partial charge in [0.15, 0.2) is 0 Å². The first kappa shape index (κ1) is 26.9. The van der Waals surface area contributed by atoms with E-state index in [2.05, 4.69) is 25.9 Å². The number of aliphatic carboxylic acids is 2. The van der Waals surface area contributed by atoms with Crippen molar-refractivity contribution in [2.45, 2.75) is 43.8 Å². The molecule has 0 aliphatic carbocycles. The fraction of sp³-hybridized carbons (Fsp3) is 0.556. The lowest BCUT2D eigenvalue weighted by atomic mass is 10.1. The number of thioether (sulfide) groups is 1. The number of carboxylic acid groups (broad SMARTS) is 2. The van der Waals surface area contributed by atoms with E-state index in [0.717, 1.165) is 0 Å². The van der Waals surface area contributed by atoms with Crippen molar-refractivity contribution in [3.05, 3.63) is 18.2 Å². The van der Waals surface area contributed by atoms with E-state index < -0.39 is 60.8 Å². The highest BCUT2D eigenvalue weighted by Crippen LogP contribution is 2.03. The summed E-state index contributed by atoms with van der Waals surface area (Å²) in [6, 6.07) is -3.44. The Bertz CT molecular complexity index is 789. The van der Waals surface area contributed by atoms with Gasteiger partial charge in [-0.2, -0.15) is 11.8 Å². The van der Waals surface area contributed by atoms with E-state index in [-0.39, 0.29) is 12.8 Å². The molecule has 178 valence electrons. The zero-order chi connectivity index (χ0) is 24.1. The van der Waals surface area contributed by atoms with Crippen LogP contribution in [0.15, 0.2) is 12.5 Å². The molecular weight excluding hydrogens is 444 g/mol. The molecule has 8 N–H and O–H groups in total. The van der Waals surface area contributed by atoms with E-state index >= 15 is 0 Å². The van der Waals surface area contributed by atoms with Gasteiger partial charge in [0.05, 0.1) is 18.9 Å². The summed E-state index contributed by atoms with van der Waals surface area (Å²) in [6.07, 6.45) is 4.23. The Labute approximate surface area is 188 Å². The Balaban J connectivity index is 2.71. The van der Waals surface area contributed by atoms with E-state index in [1.54, 1.807) is 0 Å². The van der Waals surface area contributed by atoms with Gasteiger partial charge in [0.1, 0.15) is 12.1 Å². The summed E-state index contributed by atoms with van der Waals surface area (Å²) >= 11 is 1.52. The first-order valence-electron chi connectivity index (χ1n) is 9.67. The number of hydrogen-bond donors (Lipinski definition) is 7. The molecule has 1 aromatic heterocycles. The molecule has 0 radical (unpaired) electrons. The van der Waals surface area contributed by atoms with Crippen LogP contribution in [0.3, 0.4) is 0 Å². The van der Waals surface area contributed by atoms with E-state index in [1.807, 2.05) is 6.26 Å². The first-order chi connectivity index (χ1) is 15.1. The molecule has 1 heterocycles. The fourth-order valence-corrected chi connectivity index (χ4v) is 3.03. The molecule has 3 unspecified atom stereocenters. The average molecular weight is 473 g/mol. The van der Waals surface area contributed by atoms with Gasteiger partial charge in [-0.25, -0.2) is 9.78 Å². The van der Waals surface area contributed by atoms with Crippen molar-refractivity contribution < 1.29 is 34.2 Å². The van der Waals surface area contributed by atoms with Gasteiger partial charge in [-0.1, -0.05) is 0 Å². The second-order valence-electron chi connectivity index (χ2n) is 6.84. The van der Waals surface area contributed by atoms with Gasteiger partial charge >= 0.3 is 11.9 Å². The number of carboxylic acids is 2. The van der Waals surface area contributed by atoms with Crippen LogP contribution in [-0.2, 0) is 30.4 Å². The van der Waals surface area contributed by atoms with Gasteiger partial charge in [-0.3, -0.25) is 19.2 Å². The van der Waals surface area contributed by atoms with Crippen molar-refractivity contribution in [1.82, 2.24) is 25.9 Å². The van der Waals surface area contributed by atoms with Crippen molar-refractivity contribution in [3.63, 3.8) is 0 Å². The summed E-state index contributed by atoms with van der Waals surface area (Å²) in [6.45, 7) is -0.473. The first-order valence-corrected chi connectivity index (χ1v) is 11.1. The molecule has 0 saturated heterocycles. The van der Waals surface area contributed by atoms with Crippen LogP contribution in [-0.4, -0.2) is 86.5 Å². The molecule has 1 aromatic rings. The number of aromatic nitrogens is 2. The molecule has 0 aliphatic heterocycles. The van der Waals surface area contributed by atoms with Crippen LogP contribution in [0.2, 0.25) is 0 Å². The molecular formula is C18H28N6O7S. The predicted molar refractivity (Wildman–Crippen MR) is 115 cm³/mol. The third-order valence-electron chi connectivity index (χ3n) is 4.28. The molecule has 0 bridgehead atoms. The Morgan fingerprint density at radius 1 is 1.12 bits per heavy atom. The summed E-state index contributed by atoms with van der Waals surface area (Å²) in [4.78, 5) is 65.6. The molecule has 13 nitrogen and oxygen atoms in total. The van der Waals surface area contributed by atoms with Crippen LogP contribution in [0.4, 0.5) is 0 Å². The predicted octanol–water partition coefficient (Wildman–Crippen LogP) is -1.93. The fourth-order valence-electron chi connectivity index (χ4n) is 2.55. The van der Waals surface area contributed by atoms with E-state index in [4.69, 9.17) is 10.8 Å². The van der Waals surface area contributed by atoms with Crippen LogP contribution in [0.25, 0.3) is 0 Å². The van der Waals surface area contributed by atoms with Crippen molar-refractivity contribution in [2.24, 2.45) is 5.73 Å². The molecule has 14 heteroatoms. The van der Waals surface area contributed by atoms with Gasteiger partial charge in [-0.15, -0.1) is 0 Å². The second-order valence-corrected chi connectivity index (χ2v) is 7.82. The van der Waals surface area contributed by atoms with Crippen LogP contribution in [0.1, 0.15) is 25.0 Å². The van der Waals surface area contributed by atoms with Crippen molar-refractivity contribution >= 4 is 41.4 Å². The van der Waals surface area contributed by atoms with Crippen LogP contribution in [0.5, 0.6) is 0 Å². The highest BCUT2D eigenvalue weighted by Gasteiger charge is 2.27. The number of nitrogens with zero attached hydrogens (tertiary/aromatic N) is 1. The second kappa shape index (κ2) is 14.0. The van der Waals surface area contributed by atoms with Crippen LogP contribution >= 0.6 is 11.8 Å². The van der Waals surface area contributed by atoms with E-state index in [1.165, 1.54) is 24.3 Å².